The van der Waals surface area contributed by atoms with Crippen LogP contribution in [0.15, 0.2) is 18.2 Å². The van der Waals surface area contributed by atoms with Crippen molar-refractivity contribution in [2.75, 3.05) is 18.3 Å². The van der Waals surface area contributed by atoms with E-state index in [1.165, 1.54) is 0 Å². The zero-order valence-corrected chi connectivity index (χ0v) is 12.7. The van der Waals surface area contributed by atoms with E-state index in [2.05, 4.69) is 5.32 Å². The van der Waals surface area contributed by atoms with Gasteiger partial charge in [-0.2, -0.15) is 0 Å². The van der Waals surface area contributed by atoms with E-state index < -0.39 is 9.84 Å². The molecule has 0 spiro atoms. The zero-order chi connectivity index (χ0) is 14.6. The number of nitrogens with zero attached hydrogens (tertiary/aromatic N) is 1. The lowest BCUT2D eigenvalue weighted by Crippen LogP contribution is -2.36. The van der Waals surface area contributed by atoms with Gasteiger partial charge in [0.15, 0.2) is 26.4 Å². The van der Waals surface area contributed by atoms with Gasteiger partial charge in [-0.1, -0.05) is 6.07 Å². The first-order valence-electron chi connectivity index (χ1n) is 6.68. The quantitative estimate of drug-likeness (QED) is 0.783. The molecule has 0 radical (unpaired) electrons. The van der Waals surface area contributed by atoms with E-state index >= 15 is 0 Å². The third-order valence-electron chi connectivity index (χ3n) is 4.08. The summed E-state index contributed by atoms with van der Waals surface area (Å²) in [5.41, 5.74) is 1.02. The fraction of sp³-hybridized carbons (Fsp3) is 0.462. The monoisotopic (exact) mass is 326 g/mol. The van der Waals surface area contributed by atoms with Crippen LogP contribution in [0, 0.1) is 0 Å². The van der Waals surface area contributed by atoms with Gasteiger partial charge in [-0.05, 0) is 29.9 Å². The van der Waals surface area contributed by atoms with Gasteiger partial charge in [-0.3, -0.25) is 0 Å². The summed E-state index contributed by atoms with van der Waals surface area (Å²) in [6.45, 7) is 0.810. The Balaban J connectivity index is 1.57. The van der Waals surface area contributed by atoms with Crippen molar-refractivity contribution in [1.29, 1.82) is 0 Å². The number of hydrogen-bond donors (Lipinski definition) is 1. The fourth-order valence-electron chi connectivity index (χ4n) is 3.09. The molecule has 2 fully saturated rings. The molecule has 1 aromatic carbocycles. The lowest BCUT2D eigenvalue weighted by molar-refractivity contribution is 0.174. The molecule has 0 bridgehead atoms. The first-order valence-corrected chi connectivity index (χ1v) is 8.91. The van der Waals surface area contributed by atoms with Crippen molar-refractivity contribution >= 4 is 27.2 Å². The first-order chi connectivity index (χ1) is 10.0. The summed E-state index contributed by atoms with van der Waals surface area (Å²) in [5.74, 6) is 1.79. The number of sulfone groups is 1. The van der Waals surface area contributed by atoms with Gasteiger partial charge in [0.1, 0.15) is 0 Å². The summed E-state index contributed by atoms with van der Waals surface area (Å²) < 4.78 is 34.2. The molecule has 6 nitrogen and oxygen atoms in total. The van der Waals surface area contributed by atoms with Gasteiger partial charge in [0.05, 0.1) is 23.6 Å². The molecule has 0 amide bonds. The normalized spacial score (nSPS) is 28.6. The molecule has 0 aliphatic carbocycles. The average molecular weight is 326 g/mol. The van der Waals surface area contributed by atoms with Gasteiger partial charge in [-0.15, -0.1) is 0 Å². The van der Waals surface area contributed by atoms with E-state index in [0.717, 1.165) is 17.1 Å². The summed E-state index contributed by atoms with van der Waals surface area (Å²) in [4.78, 5) is 1.96. The maximum Gasteiger partial charge on any atom is 0.231 e. The Morgan fingerprint density at radius 2 is 2.10 bits per heavy atom. The number of ether oxygens (including phenoxy) is 2. The van der Waals surface area contributed by atoms with Crippen LogP contribution in [0.25, 0.3) is 0 Å². The lowest BCUT2D eigenvalue weighted by atomic mass is 10.1. The van der Waals surface area contributed by atoms with Gasteiger partial charge in [0.2, 0.25) is 6.79 Å². The van der Waals surface area contributed by atoms with Gasteiger partial charge in [0, 0.05) is 6.54 Å². The van der Waals surface area contributed by atoms with Crippen LogP contribution in [0.5, 0.6) is 11.5 Å². The molecule has 2 saturated heterocycles. The molecule has 8 heteroatoms. The molecule has 3 heterocycles. The second kappa shape index (κ2) is 4.48. The van der Waals surface area contributed by atoms with Crippen LogP contribution in [0.3, 0.4) is 0 Å². The fourth-order valence-corrected chi connectivity index (χ4v) is 5.36. The average Bonchev–Trinajstić information content (AvgIpc) is 3.05. The smallest absolute Gasteiger partial charge is 0.231 e. The second-order valence-electron chi connectivity index (χ2n) is 5.52. The van der Waals surface area contributed by atoms with Crippen molar-refractivity contribution in [3.63, 3.8) is 0 Å². The third kappa shape index (κ3) is 2.22. The highest BCUT2D eigenvalue weighted by atomic mass is 32.2. The van der Waals surface area contributed by atoms with E-state index in [0.29, 0.717) is 11.7 Å². The minimum absolute atomic E-state index is 0.0760. The highest BCUT2D eigenvalue weighted by Crippen LogP contribution is 2.34. The summed E-state index contributed by atoms with van der Waals surface area (Å²) in [6.07, 6.45) is 0. The second-order valence-corrected chi connectivity index (χ2v) is 8.06. The number of rotatable bonds is 2. The van der Waals surface area contributed by atoms with Crippen LogP contribution >= 0.6 is 12.2 Å². The molecule has 3 aliphatic rings. The van der Waals surface area contributed by atoms with Crippen LogP contribution in [0.1, 0.15) is 5.56 Å². The zero-order valence-electron chi connectivity index (χ0n) is 11.1. The predicted octanol–water partition coefficient (Wildman–Crippen LogP) is 0.271. The Bertz CT molecular complexity index is 719. The SMILES string of the molecule is O=S1(=O)CC2NC(=S)N(Cc3ccc4c(c3)OCO4)C2C1. The van der Waals surface area contributed by atoms with Gasteiger partial charge in [-0.25, -0.2) is 8.42 Å². The summed E-state index contributed by atoms with van der Waals surface area (Å²) in [5, 5.41) is 3.74. The molecular formula is C13H14N2O4S2. The first kappa shape index (κ1) is 13.1. The number of nitrogens with one attached hydrogen (secondary N) is 1. The molecule has 0 saturated carbocycles. The van der Waals surface area contributed by atoms with E-state index in [9.17, 15) is 8.42 Å². The van der Waals surface area contributed by atoms with Crippen LogP contribution in [-0.4, -0.2) is 48.8 Å². The molecule has 112 valence electrons. The van der Waals surface area contributed by atoms with E-state index in [1.54, 1.807) is 0 Å². The summed E-state index contributed by atoms with van der Waals surface area (Å²) in [7, 11) is -2.97. The molecule has 4 rings (SSSR count). The largest absolute Gasteiger partial charge is 0.454 e. The van der Waals surface area contributed by atoms with Gasteiger partial charge in [0.25, 0.3) is 0 Å². The molecule has 0 aromatic heterocycles. The molecule has 2 atom stereocenters. The van der Waals surface area contributed by atoms with Crippen molar-refractivity contribution in [2.24, 2.45) is 0 Å². The van der Waals surface area contributed by atoms with E-state index in [1.807, 2.05) is 23.1 Å². The molecule has 1 aromatic rings. The summed E-state index contributed by atoms with van der Waals surface area (Å²) >= 11 is 5.33. The van der Waals surface area contributed by atoms with Crippen LogP contribution in [0.4, 0.5) is 0 Å². The number of fused-ring (bicyclic) bond motifs is 2. The van der Waals surface area contributed by atoms with Crippen molar-refractivity contribution in [1.82, 2.24) is 10.2 Å². The van der Waals surface area contributed by atoms with Crippen molar-refractivity contribution in [3.8, 4) is 11.5 Å². The summed E-state index contributed by atoms with van der Waals surface area (Å²) in [6, 6.07) is 5.58. The van der Waals surface area contributed by atoms with Crippen molar-refractivity contribution < 1.29 is 17.9 Å². The Morgan fingerprint density at radius 1 is 1.29 bits per heavy atom. The number of thiocarbonyl (C=S) groups is 1. The molecule has 21 heavy (non-hydrogen) atoms. The number of benzene rings is 1. The lowest BCUT2D eigenvalue weighted by Gasteiger charge is -2.23. The van der Waals surface area contributed by atoms with Crippen molar-refractivity contribution in [3.05, 3.63) is 23.8 Å². The van der Waals surface area contributed by atoms with E-state index in [-0.39, 0.29) is 30.4 Å². The molecule has 2 unspecified atom stereocenters. The van der Waals surface area contributed by atoms with Gasteiger partial charge >= 0.3 is 0 Å². The maximum atomic E-state index is 11.8. The molecule has 3 aliphatic heterocycles. The minimum Gasteiger partial charge on any atom is -0.454 e. The van der Waals surface area contributed by atoms with Crippen LogP contribution < -0.4 is 14.8 Å². The highest BCUT2D eigenvalue weighted by Gasteiger charge is 2.46. The number of hydrogen-bond acceptors (Lipinski definition) is 5. The Hall–Kier alpha value is -1.54. The Kier molecular flexibility index (Phi) is 2.80. The van der Waals surface area contributed by atoms with Crippen LogP contribution in [0.2, 0.25) is 0 Å². The van der Waals surface area contributed by atoms with Crippen molar-refractivity contribution in [2.45, 2.75) is 18.6 Å². The van der Waals surface area contributed by atoms with Crippen LogP contribution in [-0.2, 0) is 16.4 Å². The highest BCUT2D eigenvalue weighted by molar-refractivity contribution is 7.91. The topological polar surface area (TPSA) is 67.9 Å². The predicted molar refractivity (Wildman–Crippen MR) is 80.1 cm³/mol. The molecular weight excluding hydrogens is 312 g/mol. The minimum atomic E-state index is -2.97. The Morgan fingerprint density at radius 3 is 2.95 bits per heavy atom. The maximum absolute atomic E-state index is 11.8. The molecule has 1 N–H and O–H groups in total. The van der Waals surface area contributed by atoms with Gasteiger partial charge < -0.3 is 19.7 Å². The standard InChI is InChI=1S/C13H14N2O4S2/c16-21(17)5-9-10(6-21)15(13(20)14-9)4-8-1-2-11-12(3-8)19-7-18-11/h1-3,9-10H,4-7H2,(H,14,20). The Labute approximate surface area is 127 Å². The third-order valence-corrected chi connectivity index (χ3v) is 6.15. The van der Waals surface area contributed by atoms with E-state index in [4.69, 9.17) is 21.7 Å².